The van der Waals surface area contributed by atoms with Crippen molar-refractivity contribution in [2.45, 2.75) is 6.42 Å². The molecule has 7 heteroatoms. The molecule has 0 saturated carbocycles. The molecule has 16 heavy (non-hydrogen) atoms. The van der Waals surface area contributed by atoms with Gasteiger partial charge in [0.05, 0.1) is 21.6 Å². The lowest BCUT2D eigenvalue weighted by Crippen LogP contribution is -2.02. The molecule has 1 N–H and O–H groups in total. The fourth-order valence-corrected chi connectivity index (χ4v) is 1.33. The predicted octanol–water partition coefficient (Wildman–Crippen LogP) is 2.66. The van der Waals surface area contributed by atoms with Gasteiger partial charge in [0.2, 0.25) is 0 Å². The van der Waals surface area contributed by atoms with Gasteiger partial charge in [-0.05, 0) is 0 Å². The Hall–Kier alpha value is -1.04. The number of ether oxygens (including phenoxy) is 1. The highest BCUT2D eigenvalue weighted by atomic mass is 35.5. The van der Waals surface area contributed by atoms with E-state index in [0.29, 0.717) is 6.42 Å². The van der Waals surface area contributed by atoms with Crippen molar-refractivity contribution in [2.75, 3.05) is 13.2 Å². The van der Waals surface area contributed by atoms with E-state index in [1.165, 1.54) is 6.07 Å². The number of hydrogen-bond donors (Lipinski definition) is 1. The summed E-state index contributed by atoms with van der Waals surface area (Å²) in [4.78, 5) is 10.1. The second kappa shape index (κ2) is 5.89. The van der Waals surface area contributed by atoms with E-state index in [1.807, 2.05) is 0 Å². The summed E-state index contributed by atoms with van der Waals surface area (Å²) in [6.45, 7) is 0.129. The topological polar surface area (TPSA) is 72.6 Å². The van der Waals surface area contributed by atoms with E-state index in [1.54, 1.807) is 0 Å². The monoisotopic (exact) mass is 265 g/mol. The van der Waals surface area contributed by atoms with Crippen molar-refractivity contribution in [2.24, 2.45) is 0 Å². The molecule has 1 aromatic carbocycles. The first-order valence-electron chi connectivity index (χ1n) is 4.43. The lowest BCUT2D eigenvalue weighted by molar-refractivity contribution is -0.385. The summed E-state index contributed by atoms with van der Waals surface area (Å²) in [7, 11) is 0. The summed E-state index contributed by atoms with van der Waals surface area (Å²) < 4.78 is 5.13. The third kappa shape index (κ3) is 3.23. The summed E-state index contributed by atoms with van der Waals surface area (Å²) >= 11 is 11.4. The first-order valence-corrected chi connectivity index (χ1v) is 5.19. The Morgan fingerprint density at radius 1 is 1.38 bits per heavy atom. The third-order valence-electron chi connectivity index (χ3n) is 1.76. The molecule has 88 valence electrons. The van der Waals surface area contributed by atoms with E-state index in [4.69, 9.17) is 33.0 Å². The van der Waals surface area contributed by atoms with Crippen molar-refractivity contribution >= 4 is 28.9 Å². The number of hydrogen-bond acceptors (Lipinski definition) is 4. The Morgan fingerprint density at radius 2 is 2.00 bits per heavy atom. The van der Waals surface area contributed by atoms with Crippen LogP contribution in [-0.4, -0.2) is 23.2 Å². The number of nitrogens with zero attached hydrogens (tertiary/aromatic N) is 1. The zero-order chi connectivity index (χ0) is 12.1. The Kier molecular flexibility index (Phi) is 4.79. The number of aliphatic hydroxyl groups excluding tert-OH is 1. The van der Waals surface area contributed by atoms with E-state index in [2.05, 4.69) is 0 Å². The van der Waals surface area contributed by atoms with Gasteiger partial charge < -0.3 is 9.84 Å². The van der Waals surface area contributed by atoms with Crippen molar-refractivity contribution in [3.05, 3.63) is 32.3 Å². The highest BCUT2D eigenvalue weighted by molar-refractivity contribution is 6.42. The van der Waals surface area contributed by atoms with Gasteiger partial charge in [-0.3, -0.25) is 10.1 Å². The van der Waals surface area contributed by atoms with Crippen LogP contribution in [0.5, 0.6) is 5.75 Å². The minimum absolute atomic E-state index is 0.0465. The molecule has 0 aromatic heterocycles. The molecule has 0 aliphatic rings. The van der Waals surface area contributed by atoms with Crippen LogP contribution in [0.3, 0.4) is 0 Å². The van der Waals surface area contributed by atoms with E-state index < -0.39 is 4.92 Å². The summed E-state index contributed by atoms with van der Waals surface area (Å²) in [5, 5.41) is 19.5. The van der Waals surface area contributed by atoms with Crippen LogP contribution >= 0.6 is 23.2 Å². The molecule has 0 atom stereocenters. The molecule has 1 aromatic rings. The van der Waals surface area contributed by atoms with E-state index in [-0.39, 0.29) is 34.7 Å². The lowest BCUT2D eigenvalue weighted by atomic mass is 10.3. The first kappa shape index (κ1) is 13.0. The van der Waals surface area contributed by atoms with Gasteiger partial charge in [0.15, 0.2) is 5.75 Å². The second-order valence-corrected chi connectivity index (χ2v) is 3.73. The SMILES string of the molecule is O=[N+]([O-])c1cc(Cl)c(Cl)cc1OCCCO. The fraction of sp³-hybridized carbons (Fsp3) is 0.333. The number of halogens is 2. The molecular formula is C9H9Cl2NO4. The molecule has 0 spiro atoms. The highest BCUT2D eigenvalue weighted by Crippen LogP contribution is 2.35. The van der Waals surface area contributed by atoms with E-state index >= 15 is 0 Å². The maximum atomic E-state index is 10.7. The molecule has 0 aliphatic carbocycles. The first-order chi connectivity index (χ1) is 7.56. The molecule has 0 aliphatic heterocycles. The Balaban J connectivity index is 2.95. The maximum absolute atomic E-state index is 10.7. The second-order valence-electron chi connectivity index (χ2n) is 2.92. The quantitative estimate of drug-likeness (QED) is 0.505. The lowest BCUT2D eigenvalue weighted by Gasteiger charge is -2.06. The largest absolute Gasteiger partial charge is 0.487 e. The minimum Gasteiger partial charge on any atom is -0.487 e. The van der Waals surface area contributed by atoms with E-state index in [9.17, 15) is 10.1 Å². The van der Waals surface area contributed by atoms with Gasteiger partial charge in [-0.25, -0.2) is 0 Å². The molecule has 0 saturated heterocycles. The normalized spacial score (nSPS) is 10.2. The summed E-state index contributed by atoms with van der Waals surface area (Å²) in [6, 6.07) is 2.43. The van der Waals surface area contributed by atoms with Crippen LogP contribution in [0.2, 0.25) is 10.0 Å². The number of rotatable bonds is 5. The minimum atomic E-state index is -0.601. The third-order valence-corrected chi connectivity index (χ3v) is 2.48. The maximum Gasteiger partial charge on any atom is 0.312 e. The molecule has 0 heterocycles. The molecule has 0 amide bonds. The summed E-state index contributed by atoms with van der Waals surface area (Å²) in [5.74, 6) is 0.0489. The van der Waals surface area contributed by atoms with Crippen LogP contribution in [0.25, 0.3) is 0 Å². The van der Waals surface area contributed by atoms with Gasteiger partial charge in [0, 0.05) is 25.2 Å². The Labute approximate surface area is 102 Å². The Morgan fingerprint density at radius 3 is 2.56 bits per heavy atom. The highest BCUT2D eigenvalue weighted by Gasteiger charge is 2.18. The van der Waals surface area contributed by atoms with Gasteiger partial charge in [-0.2, -0.15) is 0 Å². The average molecular weight is 266 g/mol. The number of aliphatic hydroxyl groups is 1. The molecule has 5 nitrogen and oxygen atoms in total. The van der Waals surface area contributed by atoms with Crippen LogP contribution in [0.15, 0.2) is 12.1 Å². The number of benzene rings is 1. The smallest absolute Gasteiger partial charge is 0.312 e. The standard InChI is InChI=1S/C9H9Cl2NO4/c10-6-4-8(12(14)15)9(5-7(6)11)16-3-1-2-13/h4-5,13H,1-3H2. The van der Waals surface area contributed by atoms with Gasteiger partial charge in [0.1, 0.15) is 0 Å². The Bertz CT molecular complexity index is 397. The number of nitro benzene ring substituents is 1. The van der Waals surface area contributed by atoms with Crippen molar-refractivity contribution < 1.29 is 14.8 Å². The zero-order valence-corrected chi connectivity index (χ0v) is 9.66. The van der Waals surface area contributed by atoms with Gasteiger partial charge >= 0.3 is 5.69 Å². The number of nitro groups is 1. The molecule has 1 rings (SSSR count). The molecule has 0 bridgehead atoms. The van der Waals surface area contributed by atoms with Crippen molar-refractivity contribution in [3.63, 3.8) is 0 Å². The van der Waals surface area contributed by atoms with Crippen LogP contribution in [0.4, 0.5) is 5.69 Å². The van der Waals surface area contributed by atoms with Crippen LogP contribution in [-0.2, 0) is 0 Å². The zero-order valence-electron chi connectivity index (χ0n) is 8.15. The predicted molar refractivity (Wildman–Crippen MR) is 60.3 cm³/mol. The molecule has 0 fully saturated rings. The van der Waals surface area contributed by atoms with Crippen molar-refractivity contribution in [3.8, 4) is 5.75 Å². The summed E-state index contributed by atoms with van der Waals surface area (Å²) in [6.07, 6.45) is 0.386. The fourth-order valence-electron chi connectivity index (χ4n) is 1.02. The summed E-state index contributed by atoms with van der Waals surface area (Å²) in [5.41, 5.74) is -0.243. The average Bonchev–Trinajstić information content (AvgIpc) is 2.23. The molecule has 0 unspecified atom stereocenters. The van der Waals surface area contributed by atoms with Crippen molar-refractivity contribution in [1.82, 2.24) is 0 Å². The van der Waals surface area contributed by atoms with Crippen LogP contribution in [0.1, 0.15) is 6.42 Å². The van der Waals surface area contributed by atoms with Crippen LogP contribution in [0, 0.1) is 10.1 Å². The van der Waals surface area contributed by atoms with E-state index in [0.717, 1.165) is 6.07 Å². The molecular weight excluding hydrogens is 257 g/mol. The van der Waals surface area contributed by atoms with Gasteiger partial charge in [-0.1, -0.05) is 23.2 Å². The van der Waals surface area contributed by atoms with Gasteiger partial charge in [0.25, 0.3) is 0 Å². The van der Waals surface area contributed by atoms with Gasteiger partial charge in [-0.15, -0.1) is 0 Å². The van der Waals surface area contributed by atoms with Crippen LogP contribution < -0.4 is 4.74 Å². The molecule has 0 radical (unpaired) electrons. The van der Waals surface area contributed by atoms with Crippen molar-refractivity contribution in [1.29, 1.82) is 0 Å².